The molecule has 0 saturated heterocycles. The van der Waals surface area contributed by atoms with Gasteiger partial charge in [0.25, 0.3) is 0 Å². The van der Waals surface area contributed by atoms with E-state index in [-0.39, 0.29) is 18.6 Å². The molecule has 4 heteroatoms. The molecule has 0 aliphatic rings. The van der Waals surface area contributed by atoms with Crippen molar-refractivity contribution in [3.8, 4) is 0 Å². The minimum atomic E-state index is -0.318. The summed E-state index contributed by atoms with van der Waals surface area (Å²) in [6, 6.07) is 5.50. The van der Waals surface area contributed by atoms with Gasteiger partial charge in [-0.05, 0) is 38.0 Å². The topological polar surface area (TPSA) is 61.4 Å². The van der Waals surface area contributed by atoms with E-state index in [4.69, 9.17) is 5.11 Å². The summed E-state index contributed by atoms with van der Waals surface area (Å²) in [5.41, 5.74) is 3.07. The first kappa shape index (κ1) is 13.7. The van der Waals surface area contributed by atoms with Crippen molar-refractivity contribution in [3.63, 3.8) is 0 Å². The van der Waals surface area contributed by atoms with E-state index in [0.29, 0.717) is 6.54 Å². The highest BCUT2D eigenvalue weighted by atomic mass is 16.3. The number of hydrogen-bond donors (Lipinski definition) is 3. The maximum absolute atomic E-state index is 11.8. The number of carbonyl (C=O) groups excluding carboxylic acids is 1. The van der Waals surface area contributed by atoms with Crippen LogP contribution in [0.2, 0.25) is 0 Å². The van der Waals surface area contributed by atoms with Crippen LogP contribution in [0.25, 0.3) is 0 Å². The standard InChI is InChI=1S/C13H20N2O2/c1-9-5-4-6-12(10(9)2)15-13(17)11(3)14-7-8-16/h4-6,11,14,16H,7-8H2,1-3H3,(H,15,17). The third kappa shape index (κ3) is 3.84. The zero-order valence-corrected chi connectivity index (χ0v) is 10.6. The molecule has 1 rings (SSSR count). The molecule has 1 aromatic rings. The molecule has 1 amide bonds. The summed E-state index contributed by atoms with van der Waals surface area (Å²) < 4.78 is 0. The van der Waals surface area contributed by atoms with Crippen molar-refractivity contribution >= 4 is 11.6 Å². The Balaban J connectivity index is 2.64. The first-order valence-electron chi connectivity index (χ1n) is 5.77. The average molecular weight is 236 g/mol. The van der Waals surface area contributed by atoms with E-state index in [1.807, 2.05) is 32.0 Å². The fourth-order valence-corrected chi connectivity index (χ4v) is 1.50. The van der Waals surface area contributed by atoms with Gasteiger partial charge in [-0.3, -0.25) is 4.79 Å². The normalized spacial score (nSPS) is 12.2. The highest BCUT2D eigenvalue weighted by molar-refractivity contribution is 5.95. The van der Waals surface area contributed by atoms with Crippen molar-refractivity contribution < 1.29 is 9.90 Å². The Morgan fingerprint density at radius 2 is 2.12 bits per heavy atom. The Kier molecular flexibility index (Phi) is 5.12. The summed E-state index contributed by atoms with van der Waals surface area (Å²) in [6.07, 6.45) is 0. The van der Waals surface area contributed by atoms with Gasteiger partial charge in [-0.25, -0.2) is 0 Å². The van der Waals surface area contributed by atoms with E-state index in [1.54, 1.807) is 6.92 Å². The van der Waals surface area contributed by atoms with Crippen molar-refractivity contribution in [2.45, 2.75) is 26.8 Å². The van der Waals surface area contributed by atoms with Crippen LogP contribution in [-0.4, -0.2) is 30.2 Å². The van der Waals surface area contributed by atoms with Gasteiger partial charge in [0, 0.05) is 12.2 Å². The van der Waals surface area contributed by atoms with Crippen LogP contribution in [0.1, 0.15) is 18.1 Å². The van der Waals surface area contributed by atoms with Crippen LogP contribution < -0.4 is 10.6 Å². The SMILES string of the molecule is Cc1cccc(NC(=O)C(C)NCCO)c1C. The lowest BCUT2D eigenvalue weighted by Gasteiger charge is -2.15. The molecular formula is C13H20N2O2. The summed E-state index contributed by atoms with van der Waals surface area (Å²) in [6.45, 7) is 6.22. The smallest absolute Gasteiger partial charge is 0.241 e. The number of aliphatic hydroxyl groups excluding tert-OH is 1. The minimum absolute atomic E-state index is 0.0289. The first-order valence-corrected chi connectivity index (χ1v) is 5.77. The van der Waals surface area contributed by atoms with E-state index >= 15 is 0 Å². The van der Waals surface area contributed by atoms with Crippen LogP contribution in [0, 0.1) is 13.8 Å². The maximum Gasteiger partial charge on any atom is 0.241 e. The van der Waals surface area contributed by atoms with E-state index in [1.165, 1.54) is 0 Å². The minimum Gasteiger partial charge on any atom is -0.395 e. The molecule has 94 valence electrons. The first-order chi connectivity index (χ1) is 8.06. The Morgan fingerprint density at radius 3 is 2.76 bits per heavy atom. The molecule has 1 atom stereocenters. The van der Waals surface area contributed by atoms with E-state index < -0.39 is 0 Å². The number of hydrogen-bond acceptors (Lipinski definition) is 3. The number of aryl methyl sites for hydroxylation is 1. The Bertz CT molecular complexity index is 391. The number of aliphatic hydroxyl groups is 1. The van der Waals surface area contributed by atoms with E-state index in [9.17, 15) is 4.79 Å². The number of anilines is 1. The molecule has 0 aliphatic heterocycles. The molecule has 17 heavy (non-hydrogen) atoms. The van der Waals surface area contributed by atoms with Gasteiger partial charge in [0.1, 0.15) is 0 Å². The molecule has 0 heterocycles. The molecular weight excluding hydrogens is 216 g/mol. The molecule has 4 nitrogen and oxygen atoms in total. The van der Waals surface area contributed by atoms with Crippen molar-refractivity contribution in [1.82, 2.24) is 5.32 Å². The number of rotatable bonds is 5. The molecule has 3 N–H and O–H groups in total. The highest BCUT2D eigenvalue weighted by Crippen LogP contribution is 2.17. The molecule has 0 fully saturated rings. The van der Waals surface area contributed by atoms with Crippen LogP contribution >= 0.6 is 0 Å². The summed E-state index contributed by atoms with van der Waals surface area (Å²) in [7, 11) is 0. The summed E-state index contributed by atoms with van der Waals surface area (Å²) in [5, 5.41) is 14.5. The third-order valence-electron chi connectivity index (χ3n) is 2.82. The molecule has 0 saturated carbocycles. The molecule has 0 spiro atoms. The summed E-state index contributed by atoms with van der Waals surface area (Å²) in [5.74, 6) is -0.0906. The van der Waals surface area contributed by atoms with E-state index in [0.717, 1.165) is 16.8 Å². The van der Waals surface area contributed by atoms with Crippen LogP contribution in [0.5, 0.6) is 0 Å². The van der Waals surface area contributed by atoms with Crippen LogP contribution in [0.15, 0.2) is 18.2 Å². The second kappa shape index (κ2) is 6.37. The van der Waals surface area contributed by atoms with Crippen molar-refractivity contribution in [3.05, 3.63) is 29.3 Å². The number of carbonyl (C=O) groups is 1. The second-order valence-corrected chi connectivity index (χ2v) is 4.14. The number of benzene rings is 1. The van der Waals surface area contributed by atoms with Crippen LogP contribution in [-0.2, 0) is 4.79 Å². The average Bonchev–Trinajstić information content (AvgIpc) is 2.31. The lowest BCUT2D eigenvalue weighted by molar-refractivity contribution is -0.117. The number of nitrogens with one attached hydrogen (secondary N) is 2. The molecule has 1 aromatic carbocycles. The quantitative estimate of drug-likeness (QED) is 0.720. The monoisotopic (exact) mass is 236 g/mol. The summed E-state index contributed by atoms with van der Waals surface area (Å²) in [4.78, 5) is 11.8. The Hall–Kier alpha value is -1.39. The van der Waals surface area contributed by atoms with Gasteiger partial charge < -0.3 is 15.7 Å². The molecule has 0 bridgehead atoms. The summed E-state index contributed by atoms with van der Waals surface area (Å²) >= 11 is 0. The largest absolute Gasteiger partial charge is 0.395 e. The van der Waals surface area contributed by atoms with Crippen LogP contribution in [0.4, 0.5) is 5.69 Å². The van der Waals surface area contributed by atoms with Gasteiger partial charge in [-0.2, -0.15) is 0 Å². The van der Waals surface area contributed by atoms with Crippen molar-refractivity contribution in [2.24, 2.45) is 0 Å². The van der Waals surface area contributed by atoms with Gasteiger partial charge in [0.05, 0.1) is 12.6 Å². The lowest BCUT2D eigenvalue weighted by Crippen LogP contribution is -2.39. The Morgan fingerprint density at radius 1 is 1.41 bits per heavy atom. The molecule has 0 radical (unpaired) electrons. The lowest BCUT2D eigenvalue weighted by atomic mass is 10.1. The predicted molar refractivity (Wildman–Crippen MR) is 69.1 cm³/mol. The van der Waals surface area contributed by atoms with Gasteiger partial charge >= 0.3 is 0 Å². The van der Waals surface area contributed by atoms with Gasteiger partial charge in [-0.15, -0.1) is 0 Å². The zero-order valence-electron chi connectivity index (χ0n) is 10.6. The third-order valence-corrected chi connectivity index (χ3v) is 2.82. The molecule has 0 aliphatic carbocycles. The van der Waals surface area contributed by atoms with Crippen molar-refractivity contribution in [2.75, 3.05) is 18.5 Å². The molecule has 1 unspecified atom stereocenters. The molecule has 0 aromatic heterocycles. The Labute approximate surface area is 102 Å². The van der Waals surface area contributed by atoms with Gasteiger partial charge in [0.15, 0.2) is 0 Å². The van der Waals surface area contributed by atoms with Crippen LogP contribution in [0.3, 0.4) is 0 Å². The maximum atomic E-state index is 11.8. The van der Waals surface area contributed by atoms with Gasteiger partial charge in [-0.1, -0.05) is 12.1 Å². The zero-order chi connectivity index (χ0) is 12.8. The second-order valence-electron chi connectivity index (χ2n) is 4.14. The van der Waals surface area contributed by atoms with E-state index in [2.05, 4.69) is 10.6 Å². The predicted octanol–water partition coefficient (Wildman–Crippen LogP) is 1.21. The highest BCUT2D eigenvalue weighted by Gasteiger charge is 2.12. The fraction of sp³-hybridized carbons (Fsp3) is 0.462. The van der Waals surface area contributed by atoms with Gasteiger partial charge in [0.2, 0.25) is 5.91 Å². The fourth-order valence-electron chi connectivity index (χ4n) is 1.50. The van der Waals surface area contributed by atoms with Crippen molar-refractivity contribution in [1.29, 1.82) is 0 Å². The number of amides is 1.